The first-order chi connectivity index (χ1) is 11.7. The van der Waals surface area contributed by atoms with Crippen molar-refractivity contribution in [3.8, 4) is 0 Å². The van der Waals surface area contributed by atoms with Crippen LogP contribution >= 0.6 is 0 Å². The Labute approximate surface area is 140 Å². The Morgan fingerprint density at radius 3 is 2.67 bits per heavy atom. The second kappa shape index (κ2) is 5.40. The highest BCUT2D eigenvalue weighted by Gasteiger charge is 2.37. The molecule has 24 heavy (non-hydrogen) atoms. The molecule has 0 amide bonds. The molecule has 3 aliphatic rings. The average Bonchev–Trinajstić information content (AvgIpc) is 3.20. The minimum atomic E-state index is -0.911. The van der Waals surface area contributed by atoms with Gasteiger partial charge in [-0.25, -0.2) is 9.50 Å². The summed E-state index contributed by atoms with van der Waals surface area (Å²) >= 11 is 0. The number of hydrogen-bond donors (Lipinski definition) is 1. The summed E-state index contributed by atoms with van der Waals surface area (Å²) in [7, 11) is 0. The quantitative estimate of drug-likeness (QED) is 0.889. The lowest BCUT2D eigenvalue weighted by Crippen LogP contribution is -2.43. The van der Waals surface area contributed by atoms with Gasteiger partial charge in [0.05, 0.1) is 24.1 Å². The first kappa shape index (κ1) is 14.6. The molecule has 0 aromatic carbocycles. The molecule has 5 rings (SSSR count). The largest absolute Gasteiger partial charge is 0.383 e. The van der Waals surface area contributed by atoms with Crippen molar-refractivity contribution in [1.82, 2.24) is 14.6 Å². The van der Waals surface area contributed by atoms with Crippen LogP contribution in [0.1, 0.15) is 31.4 Å². The van der Waals surface area contributed by atoms with E-state index in [1.807, 2.05) is 12.1 Å². The molecule has 5 heterocycles. The fourth-order valence-corrected chi connectivity index (χ4v) is 4.16. The molecule has 2 atom stereocenters. The highest BCUT2D eigenvalue weighted by Crippen LogP contribution is 2.35. The summed E-state index contributed by atoms with van der Waals surface area (Å²) in [5.41, 5.74) is 0.682. The summed E-state index contributed by atoms with van der Waals surface area (Å²) in [5.74, 6) is 0.915. The van der Waals surface area contributed by atoms with Crippen LogP contribution in [0.4, 0.5) is 5.82 Å². The molecule has 2 aromatic rings. The first-order valence-electron chi connectivity index (χ1n) is 8.77. The van der Waals surface area contributed by atoms with E-state index in [-0.39, 0.29) is 0 Å². The molecule has 3 fully saturated rings. The normalized spacial score (nSPS) is 29.3. The van der Waals surface area contributed by atoms with Crippen LogP contribution in [0.3, 0.4) is 0 Å². The lowest BCUT2D eigenvalue weighted by Gasteiger charge is -2.35. The number of morpholine rings is 1. The van der Waals surface area contributed by atoms with Gasteiger partial charge in [0.1, 0.15) is 11.4 Å². The molecule has 0 aliphatic carbocycles. The van der Waals surface area contributed by atoms with Crippen molar-refractivity contribution in [3.05, 3.63) is 24.0 Å². The molecule has 0 unspecified atom stereocenters. The van der Waals surface area contributed by atoms with Crippen LogP contribution in [0, 0.1) is 0 Å². The average molecular weight is 330 g/mol. The van der Waals surface area contributed by atoms with Crippen molar-refractivity contribution < 1.29 is 14.6 Å². The molecule has 1 N–H and O–H groups in total. The molecule has 3 saturated heterocycles. The molecule has 3 aliphatic heterocycles. The smallest absolute Gasteiger partial charge is 0.157 e. The van der Waals surface area contributed by atoms with Gasteiger partial charge in [-0.15, -0.1) is 0 Å². The van der Waals surface area contributed by atoms with Crippen LogP contribution in [0.25, 0.3) is 5.65 Å². The number of hydrogen-bond acceptors (Lipinski definition) is 6. The van der Waals surface area contributed by atoms with Crippen LogP contribution in [0.2, 0.25) is 0 Å². The highest BCUT2D eigenvalue weighted by molar-refractivity contribution is 5.51. The molecule has 2 bridgehead atoms. The van der Waals surface area contributed by atoms with Crippen LogP contribution in [0.5, 0.6) is 0 Å². The van der Waals surface area contributed by atoms with Gasteiger partial charge in [0.15, 0.2) is 5.65 Å². The molecule has 128 valence electrons. The van der Waals surface area contributed by atoms with E-state index >= 15 is 0 Å². The molecular weight excluding hydrogens is 308 g/mol. The van der Waals surface area contributed by atoms with Gasteiger partial charge in [-0.2, -0.15) is 5.10 Å². The fourth-order valence-electron chi connectivity index (χ4n) is 4.16. The summed E-state index contributed by atoms with van der Waals surface area (Å²) < 4.78 is 13.1. The highest BCUT2D eigenvalue weighted by atomic mass is 16.5. The van der Waals surface area contributed by atoms with Gasteiger partial charge in [0.2, 0.25) is 0 Å². The van der Waals surface area contributed by atoms with Crippen LogP contribution < -0.4 is 4.90 Å². The lowest BCUT2D eigenvalue weighted by molar-refractivity contribution is -0.0717. The summed E-state index contributed by atoms with van der Waals surface area (Å²) in [5, 5.41) is 15.6. The Balaban J connectivity index is 1.58. The second-order valence-corrected chi connectivity index (χ2v) is 7.11. The summed E-state index contributed by atoms with van der Waals surface area (Å²) in [6.07, 6.45) is 5.78. The monoisotopic (exact) mass is 330 g/mol. The van der Waals surface area contributed by atoms with E-state index < -0.39 is 5.60 Å². The molecule has 0 radical (unpaired) electrons. The molecule has 0 spiro atoms. The van der Waals surface area contributed by atoms with Gasteiger partial charge in [0, 0.05) is 51.3 Å². The summed E-state index contributed by atoms with van der Waals surface area (Å²) in [6.45, 7) is 2.88. The Hall–Kier alpha value is -1.70. The third-order valence-corrected chi connectivity index (χ3v) is 5.51. The predicted molar refractivity (Wildman–Crippen MR) is 87.0 cm³/mol. The maximum Gasteiger partial charge on any atom is 0.157 e. The number of nitrogens with zero attached hydrogens (tertiary/aromatic N) is 4. The van der Waals surface area contributed by atoms with Crippen molar-refractivity contribution in [2.45, 2.75) is 43.5 Å². The van der Waals surface area contributed by atoms with Crippen molar-refractivity contribution in [2.24, 2.45) is 0 Å². The Morgan fingerprint density at radius 2 is 1.92 bits per heavy atom. The lowest BCUT2D eigenvalue weighted by atomic mass is 9.90. The van der Waals surface area contributed by atoms with E-state index in [0.717, 1.165) is 43.1 Å². The fraction of sp³-hybridized carbons (Fsp3) is 0.647. The molecule has 2 aromatic heterocycles. The zero-order valence-electron chi connectivity index (χ0n) is 13.6. The SMILES string of the molecule is OC1(c2cc(N3C[C@H]4CC[C@H](C3)O4)nc3ccnn23)CCOCC1. The standard InChI is InChI=1S/C17H22N4O3/c22-17(4-7-23-8-5-17)14-9-16(19-15-3-6-18-21(14)15)20-10-12-1-2-13(11-20)24-12/h3,6,9,12-13,22H,1-2,4-5,7-8,10-11H2/t12-,13-/m1/s1. The van der Waals surface area contributed by atoms with Crippen LogP contribution in [0.15, 0.2) is 18.3 Å². The predicted octanol–water partition coefficient (Wildman–Crippen LogP) is 1.09. The van der Waals surface area contributed by atoms with Crippen molar-refractivity contribution >= 4 is 11.5 Å². The van der Waals surface area contributed by atoms with Gasteiger partial charge in [-0.05, 0) is 12.8 Å². The number of aliphatic hydroxyl groups is 1. The first-order valence-corrected chi connectivity index (χ1v) is 8.77. The topological polar surface area (TPSA) is 72.1 Å². The van der Waals surface area contributed by atoms with Gasteiger partial charge < -0.3 is 19.5 Å². The number of fused-ring (bicyclic) bond motifs is 3. The summed E-state index contributed by atoms with van der Waals surface area (Å²) in [6, 6.07) is 3.90. The van der Waals surface area contributed by atoms with E-state index in [1.165, 1.54) is 0 Å². The number of anilines is 1. The third kappa shape index (κ3) is 2.30. The van der Waals surface area contributed by atoms with Crippen LogP contribution in [-0.4, -0.2) is 58.2 Å². The number of ether oxygens (including phenoxy) is 2. The van der Waals surface area contributed by atoms with E-state index in [1.54, 1.807) is 10.7 Å². The molecular formula is C17H22N4O3. The zero-order chi connectivity index (χ0) is 16.1. The number of rotatable bonds is 2. The van der Waals surface area contributed by atoms with E-state index in [0.29, 0.717) is 38.3 Å². The van der Waals surface area contributed by atoms with Crippen molar-refractivity contribution in [3.63, 3.8) is 0 Å². The molecule has 0 saturated carbocycles. The minimum Gasteiger partial charge on any atom is -0.383 e. The van der Waals surface area contributed by atoms with E-state index in [2.05, 4.69) is 10.00 Å². The van der Waals surface area contributed by atoms with Crippen LogP contribution in [-0.2, 0) is 15.1 Å². The van der Waals surface area contributed by atoms with E-state index in [9.17, 15) is 5.11 Å². The Morgan fingerprint density at radius 1 is 1.17 bits per heavy atom. The maximum atomic E-state index is 11.2. The minimum absolute atomic E-state index is 0.307. The Kier molecular flexibility index (Phi) is 3.29. The van der Waals surface area contributed by atoms with Gasteiger partial charge in [-0.1, -0.05) is 0 Å². The Bertz CT molecular complexity index is 743. The van der Waals surface area contributed by atoms with E-state index in [4.69, 9.17) is 14.5 Å². The maximum absolute atomic E-state index is 11.2. The van der Waals surface area contributed by atoms with Crippen molar-refractivity contribution in [1.29, 1.82) is 0 Å². The van der Waals surface area contributed by atoms with Crippen molar-refractivity contribution in [2.75, 3.05) is 31.2 Å². The summed E-state index contributed by atoms with van der Waals surface area (Å²) in [4.78, 5) is 7.07. The molecule has 7 heteroatoms. The van der Waals surface area contributed by atoms with Gasteiger partial charge >= 0.3 is 0 Å². The second-order valence-electron chi connectivity index (χ2n) is 7.11. The van der Waals surface area contributed by atoms with Gasteiger partial charge in [-0.3, -0.25) is 0 Å². The van der Waals surface area contributed by atoms with Gasteiger partial charge in [0.25, 0.3) is 0 Å². The zero-order valence-corrected chi connectivity index (χ0v) is 13.6. The number of aromatic nitrogens is 3. The third-order valence-electron chi connectivity index (χ3n) is 5.51. The molecule has 7 nitrogen and oxygen atoms in total.